The van der Waals surface area contributed by atoms with E-state index >= 15 is 0 Å². The van der Waals surface area contributed by atoms with Gasteiger partial charge in [0.15, 0.2) is 0 Å². The largest absolute Gasteiger partial charge is 0.378 e. The molecule has 0 unspecified atom stereocenters. The number of nitrogens with one attached hydrogen (secondary N) is 3. The number of nitrogens with zero attached hydrogens (tertiary/aromatic N) is 4. The van der Waals surface area contributed by atoms with Crippen LogP contribution in [0.4, 0.5) is 11.6 Å². The lowest BCUT2D eigenvalue weighted by atomic mass is 10.2. The molecule has 0 bridgehead atoms. The Kier molecular flexibility index (Phi) is 6.81. The van der Waals surface area contributed by atoms with Crippen LogP contribution in [-0.4, -0.2) is 53.2 Å². The molecule has 0 fully saturated rings. The third-order valence-corrected chi connectivity index (χ3v) is 3.89. The molecule has 0 aliphatic heterocycles. The van der Waals surface area contributed by atoms with Crippen molar-refractivity contribution in [3.63, 3.8) is 0 Å². The molecule has 2 rings (SSSR count). The number of hydrazone groups is 1. The van der Waals surface area contributed by atoms with Gasteiger partial charge in [0.05, 0.1) is 12.0 Å². The van der Waals surface area contributed by atoms with Gasteiger partial charge in [-0.05, 0) is 31.5 Å². The fourth-order valence-corrected chi connectivity index (χ4v) is 2.49. The Hall–Kier alpha value is -2.55. The average molecular weight is 361 g/mol. The molecule has 0 aliphatic carbocycles. The van der Waals surface area contributed by atoms with Gasteiger partial charge in [0.2, 0.25) is 17.0 Å². The molecule has 1 aromatic heterocycles. The zero-order valence-corrected chi connectivity index (χ0v) is 15.6. The van der Waals surface area contributed by atoms with E-state index in [4.69, 9.17) is 0 Å². The van der Waals surface area contributed by atoms with E-state index in [9.17, 15) is 4.79 Å². The van der Waals surface area contributed by atoms with Crippen LogP contribution in [0.15, 0.2) is 34.5 Å². The molecule has 0 radical (unpaired) electrons. The molecule has 0 spiro atoms. The minimum absolute atomic E-state index is 0.0431. The van der Waals surface area contributed by atoms with Crippen LogP contribution < -0.4 is 15.6 Å². The zero-order chi connectivity index (χ0) is 18.2. The van der Waals surface area contributed by atoms with Gasteiger partial charge in [-0.15, -0.1) is 5.10 Å². The minimum atomic E-state index is -0.0431. The maximum atomic E-state index is 11.6. The summed E-state index contributed by atoms with van der Waals surface area (Å²) >= 11 is 1.26. The molecule has 1 amide bonds. The normalized spacial score (nSPS) is 11.1. The molecule has 0 saturated carbocycles. The van der Waals surface area contributed by atoms with Crippen LogP contribution in [0.5, 0.6) is 0 Å². The van der Waals surface area contributed by atoms with E-state index in [2.05, 4.69) is 31.0 Å². The fourth-order valence-electron chi connectivity index (χ4n) is 1.88. The third kappa shape index (κ3) is 6.46. The molecular formula is C16H23N7OS. The quantitative estimate of drug-likeness (QED) is 0.378. The second-order valence-electron chi connectivity index (χ2n) is 5.83. The molecule has 9 heteroatoms. The SMILES string of the molecule is CC(C)NC(=O)CSc1n[nH]c(N/N=C\c2ccc(N(C)C)cc2)n1. The van der Waals surface area contributed by atoms with Gasteiger partial charge in [-0.25, -0.2) is 10.5 Å². The Morgan fingerprint density at radius 2 is 2.08 bits per heavy atom. The molecule has 134 valence electrons. The van der Waals surface area contributed by atoms with Crippen molar-refractivity contribution in [3.05, 3.63) is 29.8 Å². The van der Waals surface area contributed by atoms with Crippen LogP contribution in [0.3, 0.4) is 0 Å². The van der Waals surface area contributed by atoms with E-state index in [1.54, 1.807) is 6.21 Å². The zero-order valence-electron chi connectivity index (χ0n) is 14.8. The lowest BCUT2D eigenvalue weighted by Crippen LogP contribution is -2.31. The maximum Gasteiger partial charge on any atom is 0.240 e. The molecule has 0 aliphatic rings. The number of hydrogen-bond donors (Lipinski definition) is 3. The van der Waals surface area contributed by atoms with Gasteiger partial charge >= 0.3 is 0 Å². The highest BCUT2D eigenvalue weighted by Gasteiger charge is 2.08. The number of aromatic nitrogens is 3. The van der Waals surface area contributed by atoms with Crippen molar-refractivity contribution in [2.45, 2.75) is 25.0 Å². The molecule has 1 heterocycles. The number of aromatic amines is 1. The van der Waals surface area contributed by atoms with Crippen molar-refractivity contribution in [2.24, 2.45) is 5.10 Å². The number of carbonyl (C=O) groups is 1. The summed E-state index contributed by atoms with van der Waals surface area (Å²) in [5.41, 5.74) is 4.88. The van der Waals surface area contributed by atoms with E-state index in [1.165, 1.54) is 11.8 Å². The number of amides is 1. The summed E-state index contributed by atoms with van der Waals surface area (Å²) < 4.78 is 0. The van der Waals surface area contributed by atoms with Crippen molar-refractivity contribution in [1.29, 1.82) is 0 Å². The molecule has 0 saturated heterocycles. The predicted octanol–water partition coefficient (Wildman–Crippen LogP) is 1.93. The Labute approximate surface area is 151 Å². The number of thioether (sulfide) groups is 1. The number of benzene rings is 1. The van der Waals surface area contributed by atoms with Crippen molar-refractivity contribution in [1.82, 2.24) is 20.5 Å². The first-order valence-corrected chi connectivity index (χ1v) is 8.83. The first-order chi connectivity index (χ1) is 11.9. The topological polar surface area (TPSA) is 98.3 Å². The monoisotopic (exact) mass is 361 g/mol. The van der Waals surface area contributed by atoms with E-state index in [-0.39, 0.29) is 17.7 Å². The van der Waals surface area contributed by atoms with Gasteiger partial charge in [0.25, 0.3) is 0 Å². The van der Waals surface area contributed by atoms with E-state index < -0.39 is 0 Å². The smallest absolute Gasteiger partial charge is 0.240 e. The second kappa shape index (κ2) is 9.07. The Balaban J connectivity index is 1.81. The van der Waals surface area contributed by atoms with Gasteiger partial charge in [0, 0.05) is 25.8 Å². The average Bonchev–Trinajstić information content (AvgIpc) is 3.01. The van der Waals surface area contributed by atoms with Crippen LogP contribution in [0.25, 0.3) is 0 Å². The number of rotatable bonds is 8. The molecular weight excluding hydrogens is 338 g/mol. The Bertz CT molecular complexity index is 710. The highest BCUT2D eigenvalue weighted by Crippen LogP contribution is 2.14. The number of H-pyrrole nitrogens is 1. The van der Waals surface area contributed by atoms with Crippen LogP contribution in [0, 0.1) is 0 Å². The van der Waals surface area contributed by atoms with Gasteiger partial charge in [-0.1, -0.05) is 23.9 Å². The summed E-state index contributed by atoms with van der Waals surface area (Å²) in [7, 11) is 3.99. The van der Waals surface area contributed by atoms with Gasteiger partial charge in [-0.2, -0.15) is 10.1 Å². The molecule has 3 N–H and O–H groups in total. The summed E-state index contributed by atoms with van der Waals surface area (Å²) in [4.78, 5) is 17.8. The number of anilines is 2. The van der Waals surface area contributed by atoms with E-state index in [0.717, 1.165) is 11.3 Å². The summed E-state index contributed by atoms with van der Waals surface area (Å²) in [5.74, 6) is 0.656. The first kappa shape index (κ1) is 18.8. The number of carbonyl (C=O) groups excluding carboxylic acids is 1. The lowest BCUT2D eigenvalue weighted by Gasteiger charge is -2.11. The van der Waals surface area contributed by atoms with Crippen molar-refractivity contribution >= 4 is 35.5 Å². The van der Waals surface area contributed by atoms with Crippen molar-refractivity contribution in [2.75, 3.05) is 30.2 Å². The predicted molar refractivity (Wildman–Crippen MR) is 102 cm³/mol. The standard InChI is InChI=1S/C16H23N7OS/c1-11(2)18-14(24)10-25-16-19-15(21-22-16)20-17-9-12-5-7-13(8-6-12)23(3)4/h5-9,11H,10H2,1-4H3,(H,18,24)(H2,19,20,21,22)/b17-9-. The lowest BCUT2D eigenvalue weighted by molar-refractivity contribution is -0.119. The minimum Gasteiger partial charge on any atom is -0.378 e. The van der Waals surface area contributed by atoms with Crippen LogP contribution in [-0.2, 0) is 4.79 Å². The Morgan fingerprint density at radius 1 is 1.36 bits per heavy atom. The van der Waals surface area contributed by atoms with Crippen LogP contribution in [0.1, 0.15) is 19.4 Å². The first-order valence-electron chi connectivity index (χ1n) is 7.85. The second-order valence-corrected chi connectivity index (χ2v) is 6.78. The molecule has 0 atom stereocenters. The Morgan fingerprint density at radius 3 is 2.72 bits per heavy atom. The summed E-state index contributed by atoms with van der Waals surface area (Å²) in [5, 5.41) is 14.2. The fraction of sp³-hybridized carbons (Fsp3) is 0.375. The van der Waals surface area contributed by atoms with Crippen LogP contribution >= 0.6 is 11.8 Å². The maximum absolute atomic E-state index is 11.6. The molecule has 2 aromatic rings. The van der Waals surface area contributed by atoms with E-state index in [1.807, 2.05) is 57.1 Å². The highest BCUT2D eigenvalue weighted by atomic mass is 32.2. The third-order valence-electron chi connectivity index (χ3n) is 3.04. The molecule has 1 aromatic carbocycles. The summed E-state index contributed by atoms with van der Waals surface area (Å²) in [6, 6.07) is 8.13. The summed E-state index contributed by atoms with van der Waals surface area (Å²) in [6.45, 7) is 3.84. The molecule has 8 nitrogen and oxygen atoms in total. The number of hydrogen-bond acceptors (Lipinski definition) is 7. The van der Waals surface area contributed by atoms with Gasteiger partial charge in [-0.3, -0.25) is 4.79 Å². The van der Waals surface area contributed by atoms with E-state index in [0.29, 0.717) is 11.1 Å². The highest BCUT2D eigenvalue weighted by molar-refractivity contribution is 7.99. The van der Waals surface area contributed by atoms with Gasteiger partial charge in [0.1, 0.15) is 0 Å². The van der Waals surface area contributed by atoms with Crippen molar-refractivity contribution in [3.8, 4) is 0 Å². The molecule has 25 heavy (non-hydrogen) atoms. The summed E-state index contributed by atoms with van der Waals surface area (Å²) in [6.07, 6.45) is 1.70. The van der Waals surface area contributed by atoms with Gasteiger partial charge < -0.3 is 10.2 Å². The van der Waals surface area contributed by atoms with Crippen molar-refractivity contribution < 1.29 is 4.79 Å². The van der Waals surface area contributed by atoms with Crippen LogP contribution in [0.2, 0.25) is 0 Å².